The Balaban J connectivity index is 2.88. The van der Waals surface area contributed by atoms with Crippen molar-refractivity contribution in [3.8, 4) is 0 Å². The quantitative estimate of drug-likeness (QED) is 0.778. The van der Waals surface area contributed by atoms with E-state index in [9.17, 15) is 4.79 Å². The molecule has 19 heavy (non-hydrogen) atoms. The summed E-state index contributed by atoms with van der Waals surface area (Å²) in [5.74, 6) is 0.0653. The number of methoxy groups -OCH3 is 1. The first kappa shape index (κ1) is 16.2. The van der Waals surface area contributed by atoms with E-state index in [-0.39, 0.29) is 10.7 Å². The van der Waals surface area contributed by atoms with Gasteiger partial charge in [-0.25, -0.2) is 0 Å². The molecule has 4 heteroatoms. The predicted molar refractivity (Wildman–Crippen MR) is 82.2 cm³/mol. The lowest BCUT2D eigenvalue weighted by molar-refractivity contribution is 0.0783. The standard InChI is InChI=1S/C15H22BrNO2/c1-10-6-11(2)14(12(3)7-10)15(18)17(4)8-13(16)9-19-5/h6-7,13H,8-9H2,1-5H3. The third kappa shape index (κ3) is 4.32. The van der Waals surface area contributed by atoms with Crippen LogP contribution in [0.3, 0.4) is 0 Å². The Morgan fingerprint density at radius 1 is 1.32 bits per heavy atom. The zero-order valence-electron chi connectivity index (χ0n) is 12.3. The number of benzene rings is 1. The van der Waals surface area contributed by atoms with Crippen molar-refractivity contribution in [1.82, 2.24) is 4.90 Å². The Morgan fingerprint density at radius 2 is 1.84 bits per heavy atom. The highest BCUT2D eigenvalue weighted by Crippen LogP contribution is 2.18. The number of ether oxygens (including phenoxy) is 1. The molecule has 0 aliphatic heterocycles. The van der Waals surface area contributed by atoms with Crippen LogP contribution >= 0.6 is 15.9 Å². The average Bonchev–Trinajstić information content (AvgIpc) is 2.27. The number of carbonyl (C=O) groups is 1. The number of rotatable bonds is 5. The maximum Gasteiger partial charge on any atom is 0.254 e. The number of amides is 1. The maximum atomic E-state index is 12.5. The number of nitrogens with zero attached hydrogens (tertiary/aromatic N) is 1. The second kappa shape index (κ2) is 7.06. The van der Waals surface area contributed by atoms with Gasteiger partial charge in [0.15, 0.2) is 0 Å². The average molecular weight is 328 g/mol. The molecular weight excluding hydrogens is 306 g/mol. The minimum absolute atomic E-state index is 0.0653. The number of halogens is 1. The number of hydrogen-bond donors (Lipinski definition) is 0. The fraction of sp³-hybridized carbons (Fsp3) is 0.533. The van der Waals surface area contributed by atoms with Gasteiger partial charge in [-0.05, 0) is 31.9 Å². The Hall–Kier alpha value is -0.870. The molecule has 1 amide bonds. The zero-order valence-corrected chi connectivity index (χ0v) is 13.9. The van der Waals surface area contributed by atoms with Crippen LogP contribution in [0.25, 0.3) is 0 Å². The van der Waals surface area contributed by atoms with Crippen molar-refractivity contribution in [1.29, 1.82) is 0 Å². The van der Waals surface area contributed by atoms with Crippen LogP contribution < -0.4 is 0 Å². The molecule has 0 spiro atoms. The van der Waals surface area contributed by atoms with Gasteiger partial charge in [-0.2, -0.15) is 0 Å². The Kier molecular flexibility index (Phi) is 6.01. The van der Waals surface area contributed by atoms with E-state index in [0.29, 0.717) is 13.2 Å². The van der Waals surface area contributed by atoms with Gasteiger partial charge >= 0.3 is 0 Å². The first-order chi connectivity index (χ1) is 8.86. The van der Waals surface area contributed by atoms with Crippen molar-refractivity contribution in [2.45, 2.75) is 25.6 Å². The largest absolute Gasteiger partial charge is 0.383 e. The van der Waals surface area contributed by atoms with Gasteiger partial charge in [-0.15, -0.1) is 0 Å². The minimum Gasteiger partial charge on any atom is -0.383 e. The monoisotopic (exact) mass is 327 g/mol. The third-order valence-corrected chi connectivity index (χ3v) is 3.61. The topological polar surface area (TPSA) is 29.5 Å². The van der Waals surface area contributed by atoms with Crippen LogP contribution in [0.2, 0.25) is 0 Å². The molecule has 1 unspecified atom stereocenters. The molecule has 0 bridgehead atoms. The summed E-state index contributed by atoms with van der Waals surface area (Å²) >= 11 is 3.51. The fourth-order valence-electron chi connectivity index (χ4n) is 2.32. The van der Waals surface area contributed by atoms with E-state index in [1.54, 1.807) is 12.0 Å². The normalized spacial score (nSPS) is 12.3. The van der Waals surface area contributed by atoms with Gasteiger partial charge in [-0.3, -0.25) is 4.79 Å². The van der Waals surface area contributed by atoms with E-state index in [0.717, 1.165) is 16.7 Å². The molecule has 1 atom stereocenters. The summed E-state index contributed by atoms with van der Waals surface area (Å²) < 4.78 is 5.07. The summed E-state index contributed by atoms with van der Waals surface area (Å²) in [6.07, 6.45) is 0. The Bertz CT molecular complexity index is 436. The molecule has 0 aliphatic carbocycles. The fourth-order valence-corrected chi connectivity index (χ4v) is 3.02. The van der Waals surface area contributed by atoms with Gasteiger partial charge in [0, 0.05) is 26.3 Å². The summed E-state index contributed by atoms with van der Waals surface area (Å²) in [6, 6.07) is 4.10. The van der Waals surface area contributed by atoms with Crippen LogP contribution in [-0.4, -0.2) is 42.9 Å². The highest BCUT2D eigenvalue weighted by Gasteiger charge is 2.19. The molecule has 0 N–H and O–H groups in total. The predicted octanol–water partition coefficient (Wildman–Crippen LogP) is 3.09. The lowest BCUT2D eigenvalue weighted by Crippen LogP contribution is -2.34. The lowest BCUT2D eigenvalue weighted by atomic mass is 9.99. The van der Waals surface area contributed by atoms with Crippen LogP contribution in [0.4, 0.5) is 0 Å². The molecule has 1 aromatic carbocycles. The molecule has 0 radical (unpaired) electrons. The number of carbonyl (C=O) groups excluding carboxylic acids is 1. The third-order valence-electron chi connectivity index (χ3n) is 3.06. The van der Waals surface area contributed by atoms with Crippen molar-refractivity contribution < 1.29 is 9.53 Å². The van der Waals surface area contributed by atoms with Crippen molar-refractivity contribution in [2.24, 2.45) is 0 Å². The molecule has 1 aromatic rings. The van der Waals surface area contributed by atoms with Crippen molar-refractivity contribution in [2.75, 3.05) is 27.3 Å². The summed E-state index contributed by atoms with van der Waals surface area (Å²) in [5, 5.41) is 0. The second-order valence-corrected chi connectivity index (χ2v) is 6.31. The smallest absolute Gasteiger partial charge is 0.254 e. The number of hydrogen-bond acceptors (Lipinski definition) is 2. The van der Waals surface area contributed by atoms with Crippen molar-refractivity contribution in [3.63, 3.8) is 0 Å². The van der Waals surface area contributed by atoms with Crippen molar-refractivity contribution in [3.05, 3.63) is 34.4 Å². The lowest BCUT2D eigenvalue weighted by Gasteiger charge is -2.22. The SMILES string of the molecule is COCC(Br)CN(C)C(=O)c1c(C)cc(C)cc1C. The van der Waals surface area contributed by atoms with Gasteiger partial charge in [0.25, 0.3) is 5.91 Å². The molecule has 0 aliphatic rings. The van der Waals surface area contributed by atoms with Crippen LogP contribution in [-0.2, 0) is 4.74 Å². The first-order valence-corrected chi connectivity index (χ1v) is 7.24. The number of alkyl halides is 1. The van der Waals surface area contributed by atoms with Gasteiger partial charge in [0.05, 0.1) is 11.4 Å². The van der Waals surface area contributed by atoms with E-state index < -0.39 is 0 Å². The van der Waals surface area contributed by atoms with E-state index in [1.165, 1.54) is 5.56 Å². The molecule has 0 saturated heterocycles. The highest BCUT2D eigenvalue weighted by molar-refractivity contribution is 9.09. The van der Waals surface area contributed by atoms with Gasteiger partial charge in [-0.1, -0.05) is 33.6 Å². The molecular formula is C15H22BrNO2. The molecule has 0 heterocycles. The van der Waals surface area contributed by atoms with Crippen LogP contribution in [0.1, 0.15) is 27.0 Å². The minimum atomic E-state index is 0.0653. The van der Waals surface area contributed by atoms with E-state index in [2.05, 4.69) is 28.1 Å². The molecule has 1 rings (SSSR count). The summed E-state index contributed by atoms with van der Waals surface area (Å²) in [4.78, 5) is 14.4. The van der Waals surface area contributed by atoms with Gasteiger partial charge in [0.1, 0.15) is 0 Å². The van der Waals surface area contributed by atoms with Gasteiger partial charge < -0.3 is 9.64 Å². The maximum absolute atomic E-state index is 12.5. The number of aryl methyl sites for hydroxylation is 3. The van der Waals surface area contributed by atoms with E-state index in [4.69, 9.17) is 4.74 Å². The summed E-state index contributed by atoms with van der Waals surface area (Å²) in [5.41, 5.74) is 4.07. The van der Waals surface area contributed by atoms with Crippen LogP contribution in [0.5, 0.6) is 0 Å². The molecule has 0 fully saturated rings. The Labute approximate surface area is 124 Å². The summed E-state index contributed by atoms with van der Waals surface area (Å²) in [7, 11) is 3.48. The van der Waals surface area contributed by atoms with Gasteiger partial charge in [0.2, 0.25) is 0 Å². The molecule has 0 aromatic heterocycles. The van der Waals surface area contributed by atoms with Crippen LogP contribution in [0, 0.1) is 20.8 Å². The first-order valence-electron chi connectivity index (χ1n) is 6.33. The summed E-state index contributed by atoms with van der Waals surface area (Å²) in [6.45, 7) is 7.23. The Morgan fingerprint density at radius 3 is 2.32 bits per heavy atom. The van der Waals surface area contributed by atoms with E-state index >= 15 is 0 Å². The zero-order chi connectivity index (χ0) is 14.6. The molecule has 0 saturated carbocycles. The molecule has 3 nitrogen and oxygen atoms in total. The van der Waals surface area contributed by atoms with Crippen LogP contribution in [0.15, 0.2) is 12.1 Å². The van der Waals surface area contributed by atoms with E-state index in [1.807, 2.05) is 27.8 Å². The van der Waals surface area contributed by atoms with Crippen molar-refractivity contribution >= 4 is 21.8 Å². The highest BCUT2D eigenvalue weighted by atomic mass is 79.9. The molecule has 106 valence electrons. The second-order valence-electron chi connectivity index (χ2n) is 5.01.